The molecule has 264 valence electrons. The van der Waals surface area contributed by atoms with Crippen LogP contribution in [0.1, 0.15) is 37.9 Å². The average Bonchev–Trinajstić information content (AvgIpc) is 3.71. The number of nitrogens with two attached hydrogens (primary N) is 1. The van der Waals surface area contributed by atoms with Gasteiger partial charge in [-0.05, 0) is 30.7 Å². The molecule has 51 heavy (non-hydrogen) atoms. The van der Waals surface area contributed by atoms with Crippen LogP contribution in [-0.4, -0.2) is 113 Å². The van der Waals surface area contributed by atoms with Gasteiger partial charge in [0.1, 0.15) is 34.4 Å². The van der Waals surface area contributed by atoms with Crippen molar-refractivity contribution in [3.63, 3.8) is 0 Å². The third kappa shape index (κ3) is 6.80. The van der Waals surface area contributed by atoms with Gasteiger partial charge in [0, 0.05) is 28.1 Å². The van der Waals surface area contributed by atoms with Gasteiger partial charge in [-0.15, -0.1) is 40.0 Å². The lowest BCUT2D eigenvalue weighted by Gasteiger charge is -2.49. The second-order valence-electron chi connectivity index (χ2n) is 10.7. The third-order valence-electron chi connectivity index (χ3n) is 7.30. The van der Waals surface area contributed by atoms with Gasteiger partial charge in [0.15, 0.2) is 22.3 Å². The Morgan fingerprint density at radius 1 is 1.10 bits per heavy atom. The molecule has 2 amide bonds. The van der Waals surface area contributed by atoms with Crippen molar-refractivity contribution in [1.29, 1.82) is 0 Å². The number of carboxylic acids is 3. The van der Waals surface area contributed by atoms with E-state index in [9.17, 15) is 49.5 Å². The molecule has 0 bridgehead atoms. The highest BCUT2D eigenvalue weighted by molar-refractivity contribution is 8.01. The lowest BCUT2D eigenvalue weighted by atomic mass is 10.0. The number of amides is 2. The van der Waals surface area contributed by atoms with Crippen LogP contribution in [0.3, 0.4) is 0 Å². The zero-order chi connectivity index (χ0) is 36.7. The molecule has 20 nitrogen and oxygen atoms in total. The minimum absolute atomic E-state index is 0.0324. The topological polar surface area (TPSA) is 305 Å². The monoisotopic (exact) mass is 757 g/mol. The summed E-state index contributed by atoms with van der Waals surface area (Å²) in [6, 6.07) is 2.34. The number of carbonyl (C=O) groups is 5. The van der Waals surface area contributed by atoms with Crippen molar-refractivity contribution in [3.8, 4) is 11.5 Å². The minimum Gasteiger partial charge on any atom is -0.504 e. The van der Waals surface area contributed by atoms with E-state index >= 15 is 0 Å². The number of fused-ring (bicyclic) bond motifs is 2. The number of nitrogens with one attached hydrogen (secondary N) is 1. The number of thiazole rings is 1. The van der Waals surface area contributed by atoms with E-state index < -0.39 is 70.8 Å². The highest BCUT2D eigenvalue weighted by atomic mass is 32.2. The number of aromatic nitrogens is 5. The fourth-order valence-corrected chi connectivity index (χ4v) is 8.07. The standard InChI is InChI=1S/C28H23N9O11S3/c1-9-2-15(37-28(30-9)33-20(34-37)26(46)47)49-6-12-7-50-23-17(22(41)36(23)18(12)25(44)45)32-21(40)16(13-8-51-27(29)31-13)35-48-5-11-3-10(24(42)43)4-14(38)19(11)39/h2-4,8,17,23,38-39H,5-7H2,1H3,(H2,29,31)(H,32,40)(H,42,43)(H,44,45)(H,46,47)/t17-,23-/m1/s1. The number of anilines is 1. The summed E-state index contributed by atoms with van der Waals surface area (Å²) < 4.78 is 1.24. The largest absolute Gasteiger partial charge is 0.504 e. The predicted molar refractivity (Wildman–Crippen MR) is 177 cm³/mol. The molecule has 0 unspecified atom stereocenters. The maximum absolute atomic E-state index is 13.5. The van der Waals surface area contributed by atoms with Crippen LogP contribution in [0, 0.1) is 6.92 Å². The fraction of sp³-hybridized carbons (Fsp3) is 0.214. The Balaban J connectivity index is 1.19. The molecule has 2 atom stereocenters. The SMILES string of the molecule is Cc1cc(SCC2=C(C(=O)O)N3C(=O)[C@@H](NC(=O)C(=NOCc4cc(C(=O)O)cc(O)c4O)c4csc(N)n4)[C@H]3SC2)n2nc(C(=O)O)nc2n1. The first-order valence-corrected chi connectivity index (χ1v) is 17.2. The van der Waals surface area contributed by atoms with E-state index in [1.54, 1.807) is 13.0 Å². The number of β-lactam (4-membered cyclic amide) rings is 1. The molecule has 8 N–H and O–H groups in total. The van der Waals surface area contributed by atoms with Gasteiger partial charge in [-0.2, -0.15) is 9.50 Å². The molecular weight excluding hydrogens is 735 g/mol. The lowest BCUT2D eigenvalue weighted by Crippen LogP contribution is -2.71. The van der Waals surface area contributed by atoms with E-state index in [1.807, 2.05) is 0 Å². The van der Waals surface area contributed by atoms with Gasteiger partial charge in [-0.1, -0.05) is 5.16 Å². The van der Waals surface area contributed by atoms with E-state index in [4.69, 9.17) is 10.6 Å². The summed E-state index contributed by atoms with van der Waals surface area (Å²) >= 11 is 3.34. The van der Waals surface area contributed by atoms with Crippen LogP contribution in [0.15, 0.2) is 45.0 Å². The summed E-state index contributed by atoms with van der Waals surface area (Å²) in [6.45, 7) is 1.10. The van der Waals surface area contributed by atoms with Crippen LogP contribution in [0.25, 0.3) is 5.78 Å². The molecule has 2 aliphatic heterocycles. The van der Waals surface area contributed by atoms with Crippen molar-refractivity contribution >= 4 is 81.2 Å². The summed E-state index contributed by atoms with van der Waals surface area (Å²) in [5.74, 6) is -7.27. The van der Waals surface area contributed by atoms with Gasteiger partial charge in [0.25, 0.3) is 23.4 Å². The number of thioether (sulfide) groups is 2. The molecule has 1 fully saturated rings. The fourth-order valence-electron chi connectivity index (χ4n) is 4.99. The Morgan fingerprint density at radius 2 is 1.86 bits per heavy atom. The third-order valence-corrected chi connectivity index (χ3v) is 10.4. The maximum Gasteiger partial charge on any atom is 0.375 e. The van der Waals surface area contributed by atoms with Gasteiger partial charge < -0.3 is 41.4 Å². The number of aliphatic carboxylic acids is 1. The molecule has 2 aliphatic rings. The Kier molecular flexibility index (Phi) is 9.42. The van der Waals surface area contributed by atoms with Crippen LogP contribution in [0.2, 0.25) is 0 Å². The molecule has 0 radical (unpaired) electrons. The number of phenols is 2. The number of phenolic OH excluding ortho intramolecular Hbond substituents is 2. The molecule has 0 saturated carbocycles. The number of oxime groups is 1. The summed E-state index contributed by atoms with van der Waals surface area (Å²) in [7, 11) is 0. The highest BCUT2D eigenvalue weighted by Crippen LogP contribution is 2.42. The number of carbonyl (C=O) groups excluding carboxylic acids is 2. The van der Waals surface area contributed by atoms with Crippen molar-refractivity contribution in [2.75, 3.05) is 17.2 Å². The summed E-state index contributed by atoms with van der Waals surface area (Å²) in [4.78, 5) is 80.4. The van der Waals surface area contributed by atoms with Gasteiger partial charge in [0.05, 0.1) is 5.56 Å². The molecule has 1 saturated heterocycles. The van der Waals surface area contributed by atoms with Crippen molar-refractivity contribution < 1.29 is 54.3 Å². The number of aromatic carboxylic acids is 2. The number of hydrogen-bond donors (Lipinski definition) is 7. The Labute approximate surface area is 296 Å². The molecule has 0 spiro atoms. The molecule has 0 aliphatic carbocycles. The first-order valence-electron chi connectivity index (χ1n) is 14.2. The maximum atomic E-state index is 13.5. The first kappa shape index (κ1) is 34.9. The quantitative estimate of drug-likeness (QED) is 0.0262. The number of nitrogen functional groups attached to an aromatic ring is 1. The number of benzene rings is 1. The van der Waals surface area contributed by atoms with Crippen LogP contribution in [0.4, 0.5) is 5.13 Å². The molecule has 4 aromatic rings. The van der Waals surface area contributed by atoms with E-state index in [0.717, 1.165) is 40.1 Å². The molecular formula is C28H23N9O11S3. The Bertz CT molecular complexity index is 2220. The first-order chi connectivity index (χ1) is 24.2. The number of hydrogen-bond acceptors (Lipinski definition) is 17. The van der Waals surface area contributed by atoms with Gasteiger partial charge in [0.2, 0.25) is 0 Å². The van der Waals surface area contributed by atoms with Crippen LogP contribution >= 0.6 is 34.9 Å². The summed E-state index contributed by atoms with van der Waals surface area (Å²) in [5.41, 5.74) is 5.42. The van der Waals surface area contributed by atoms with Crippen molar-refractivity contribution in [2.24, 2.45) is 5.16 Å². The van der Waals surface area contributed by atoms with E-state index in [-0.39, 0.29) is 44.9 Å². The minimum atomic E-state index is -1.38. The average molecular weight is 758 g/mol. The number of aromatic hydroxyl groups is 2. The Morgan fingerprint density at radius 3 is 2.53 bits per heavy atom. The normalized spacial score (nSPS) is 17.2. The molecule has 23 heteroatoms. The zero-order valence-corrected chi connectivity index (χ0v) is 28.2. The van der Waals surface area contributed by atoms with Gasteiger partial charge in [-0.25, -0.2) is 24.4 Å². The molecule has 6 rings (SSSR count). The predicted octanol–water partition coefficient (Wildman–Crippen LogP) is 0.731. The zero-order valence-electron chi connectivity index (χ0n) is 25.7. The number of nitrogens with zero attached hydrogens (tertiary/aromatic N) is 7. The van der Waals surface area contributed by atoms with Gasteiger partial charge >= 0.3 is 17.9 Å². The van der Waals surface area contributed by atoms with Crippen molar-refractivity contribution in [1.82, 2.24) is 34.8 Å². The van der Waals surface area contributed by atoms with Gasteiger partial charge in [-0.3, -0.25) is 14.5 Å². The summed E-state index contributed by atoms with van der Waals surface area (Å²) in [5, 5.41) is 60.1. The van der Waals surface area contributed by atoms with E-state index in [1.165, 1.54) is 21.7 Å². The lowest BCUT2D eigenvalue weighted by molar-refractivity contribution is -0.150. The van der Waals surface area contributed by atoms with Crippen LogP contribution in [0.5, 0.6) is 11.5 Å². The Hall–Kier alpha value is -5.94. The van der Waals surface area contributed by atoms with Crippen LogP contribution < -0.4 is 11.1 Å². The second kappa shape index (κ2) is 13.8. The number of carboxylic acid groups (broad SMARTS) is 3. The molecule has 5 heterocycles. The highest BCUT2D eigenvalue weighted by Gasteiger charge is 2.54. The number of rotatable bonds is 12. The van der Waals surface area contributed by atoms with Crippen LogP contribution in [-0.2, 0) is 25.8 Å². The second-order valence-corrected chi connectivity index (χ2v) is 13.7. The molecule has 3 aromatic heterocycles. The van der Waals surface area contributed by atoms with Crippen molar-refractivity contribution in [3.05, 3.63) is 63.2 Å². The number of aryl methyl sites for hydroxylation is 1. The summed E-state index contributed by atoms with van der Waals surface area (Å²) in [6.07, 6.45) is 0. The molecule has 1 aromatic carbocycles. The van der Waals surface area contributed by atoms with E-state index in [0.29, 0.717) is 16.3 Å². The smallest absolute Gasteiger partial charge is 0.375 e. The van der Waals surface area contributed by atoms with E-state index in [2.05, 4.69) is 30.5 Å². The van der Waals surface area contributed by atoms with Crippen molar-refractivity contribution in [2.45, 2.75) is 30.0 Å².